The lowest BCUT2D eigenvalue weighted by Gasteiger charge is -2.23. The van der Waals surface area contributed by atoms with Crippen molar-refractivity contribution in [1.82, 2.24) is 24.6 Å². The van der Waals surface area contributed by atoms with E-state index in [0.717, 1.165) is 19.3 Å². The molecule has 3 aromatic rings. The molecule has 1 fully saturated rings. The number of benzene rings is 1. The number of esters is 1. The number of carbonyl (C=O) groups excluding carboxylic acids is 1. The van der Waals surface area contributed by atoms with Gasteiger partial charge in [0.15, 0.2) is 11.5 Å². The molecule has 4 atom stereocenters. The standard InChI is InChI=1S/C21H27N6O5P/c1-14(21(28)30-2)26-33(29,32-17-6-4-3-5-7-17)31-11-15-8-9-16(10-15)27-13-25-18-19(22)23-12-24-20(18)27/h3-7,12-16H,8-11H2,1-2H3,(H,26,29)(H2,22,23,24)/t14-,15-,16+,33?/m0/s1. The number of methoxy groups -OCH3 is 1. The highest BCUT2D eigenvalue weighted by Gasteiger charge is 2.35. The van der Waals surface area contributed by atoms with E-state index in [-0.39, 0.29) is 18.6 Å². The van der Waals surface area contributed by atoms with Crippen molar-refractivity contribution in [3.63, 3.8) is 0 Å². The van der Waals surface area contributed by atoms with Crippen molar-refractivity contribution in [2.45, 2.75) is 38.3 Å². The van der Waals surface area contributed by atoms with E-state index >= 15 is 0 Å². The van der Waals surface area contributed by atoms with E-state index in [4.69, 9.17) is 19.5 Å². The third-order valence-electron chi connectivity index (χ3n) is 5.65. The molecule has 11 nitrogen and oxygen atoms in total. The first-order valence-corrected chi connectivity index (χ1v) is 12.2. The zero-order valence-corrected chi connectivity index (χ0v) is 19.4. The van der Waals surface area contributed by atoms with E-state index in [0.29, 0.717) is 22.7 Å². The highest BCUT2D eigenvalue weighted by atomic mass is 31.2. The van der Waals surface area contributed by atoms with Gasteiger partial charge in [0.25, 0.3) is 0 Å². The fraction of sp³-hybridized carbons (Fsp3) is 0.429. The number of nitrogens with two attached hydrogens (primary N) is 1. The number of hydrogen-bond acceptors (Lipinski definition) is 9. The predicted octanol–water partition coefficient (Wildman–Crippen LogP) is 3.10. The fourth-order valence-electron chi connectivity index (χ4n) is 3.97. The summed E-state index contributed by atoms with van der Waals surface area (Å²) >= 11 is 0. The van der Waals surface area contributed by atoms with Gasteiger partial charge in [-0.1, -0.05) is 18.2 Å². The molecule has 1 aromatic carbocycles. The van der Waals surface area contributed by atoms with Crippen LogP contribution in [0.25, 0.3) is 11.2 Å². The van der Waals surface area contributed by atoms with Crippen LogP contribution in [-0.2, 0) is 18.6 Å². The molecule has 0 amide bonds. The summed E-state index contributed by atoms with van der Waals surface area (Å²) in [7, 11) is -2.58. The minimum atomic E-state index is -3.85. The van der Waals surface area contributed by atoms with Gasteiger partial charge < -0.3 is 19.6 Å². The average molecular weight is 474 g/mol. The van der Waals surface area contributed by atoms with Crippen LogP contribution < -0.4 is 15.3 Å². The van der Waals surface area contributed by atoms with Crippen molar-refractivity contribution in [2.75, 3.05) is 19.5 Å². The molecule has 1 aliphatic rings. The van der Waals surface area contributed by atoms with Crippen LogP contribution in [0.4, 0.5) is 5.82 Å². The van der Waals surface area contributed by atoms with Crippen LogP contribution in [0.1, 0.15) is 32.2 Å². The van der Waals surface area contributed by atoms with E-state index in [1.54, 1.807) is 37.5 Å². The summed E-state index contributed by atoms with van der Waals surface area (Å²) in [5.41, 5.74) is 7.17. The van der Waals surface area contributed by atoms with Crippen LogP contribution in [-0.4, -0.2) is 45.2 Å². The van der Waals surface area contributed by atoms with Gasteiger partial charge in [0.1, 0.15) is 23.6 Å². The first kappa shape index (κ1) is 23.2. The number of nitrogens with zero attached hydrogens (tertiary/aromatic N) is 4. The number of imidazole rings is 1. The smallest absolute Gasteiger partial charge is 0.459 e. The number of carbonyl (C=O) groups is 1. The zero-order chi connectivity index (χ0) is 23.4. The summed E-state index contributed by atoms with van der Waals surface area (Å²) in [4.78, 5) is 24.5. The Labute approximate surface area is 191 Å². The van der Waals surface area contributed by atoms with E-state index in [2.05, 4.69) is 20.0 Å². The molecule has 0 aliphatic heterocycles. The number of nitrogens with one attached hydrogen (secondary N) is 1. The highest BCUT2D eigenvalue weighted by molar-refractivity contribution is 7.52. The molecule has 4 rings (SSSR count). The molecule has 2 aromatic heterocycles. The Hall–Kier alpha value is -3.01. The second kappa shape index (κ2) is 9.86. The van der Waals surface area contributed by atoms with Gasteiger partial charge in [-0.05, 0) is 44.2 Å². The molecule has 33 heavy (non-hydrogen) atoms. The van der Waals surface area contributed by atoms with Gasteiger partial charge in [-0.15, -0.1) is 0 Å². The number of para-hydroxylation sites is 1. The summed E-state index contributed by atoms with van der Waals surface area (Å²) in [5, 5.41) is 2.68. The Morgan fingerprint density at radius 3 is 2.82 bits per heavy atom. The first-order valence-electron chi connectivity index (χ1n) is 10.7. The van der Waals surface area contributed by atoms with Crippen molar-refractivity contribution in [1.29, 1.82) is 0 Å². The molecule has 1 saturated carbocycles. The van der Waals surface area contributed by atoms with Crippen LogP contribution in [0.2, 0.25) is 0 Å². The van der Waals surface area contributed by atoms with E-state index in [1.807, 2.05) is 10.6 Å². The van der Waals surface area contributed by atoms with Crippen molar-refractivity contribution in [2.24, 2.45) is 5.92 Å². The molecule has 1 aliphatic carbocycles. The second-order valence-electron chi connectivity index (χ2n) is 7.99. The summed E-state index contributed by atoms with van der Waals surface area (Å²) in [5.74, 6) is 0.289. The van der Waals surface area contributed by atoms with Crippen LogP contribution in [0.3, 0.4) is 0 Å². The topological polar surface area (TPSA) is 143 Å². The molecule has 0 spiro atoms. The van der Waals surface area contributed by atoms with Gasteiger partial charge in [-0.3, -0.25) is 9.32 Å². The summed E-state index contributed by atoms with van der Waals surface area (Å²) in [6, 6.07) is 7.97. The van der Waals surface area contributed by atoms with Crippen LogP contribution in [0, 0.1) is 5.92 Å². The quantitative estimate of drug-likeness (QED) is 0.351. The number of anilines is 1. The number of rotatable bonds is 9. The van der Waals surface area contributed by atoms with E-state index in [9.17, 15) is 9.36 Å². The van der Waals surface area contributed by atoms with Gasteiger partial charge in [0.2, 0.25) is 0 Å². The molecule has 0 saturated heterocycles. The lowest BCUT2D eigenvalue weighted by atomic mass is 10.1. The molecule has 0 radical (unpaired) electrons. The normalized spacial score (nSPS) is 20.9. The summed E-state index contributed by atoms with van der Waals surface area (Å²) in [6.45, 7) is 1.74. The van der Waals surface area contributed by atoms with E-state index < -0.39 is 19.8 Å². The first-order chi connectivity index (χ1) is 15.9. The van der Waals surface area contributed by atoms with Crippen LogP contribution >= 0.6 is 7.75 Å². The molecular weight excluding hydrogens is 447 g/mol. The number of nitrogen functional groups attached to an aromatic ring is 1. The van der Waals surface area contributed by atoms with Crippen molar-refractivity contribution < 1.29 is 23.1 Å². The minimum absolute atomic E-state index is 0.134. The molecule has 176 valence electrons. The van der Waals surface area contributed by atoms with Crippen molar-refractivity contribution >= 4 is 30.7 Å². The van der Waals surface area contributed by atoms with E-state index in [1.165, 1.54) is 13.4 Å². The van der Waals surface area contributed by atoms with Gasteiger partial charge in [-0.2, -0.15) is 5.09 Å². The molecule has 12 heteroatoms. The Morgan fingerprint density at radius 1 is 1.27 bits per heavy atom. The van der Waals surface area contributed by atoms with Gasteiger partial charge >= 0.3 is 13.7 Å². The molecule has 2 heterocycles. The lowest BCUT2D eigenvalue weighted by Crippen LogP contribution is -2.34. The predicted molar refractivity (Wildman–Crippen MR) is 121 cm³/mol. The number of aromatic nitrogens is 4. The zero-order valence-electron chi connectivity index (χ0n) is 18.5. The Morgan fingerprint density at radius 2 is 2.06 bits per heavy atom. The fourth-order valence-corrected chi connectivity index (χ4v) is 5.54. The average Bonchev–Trinajstić information content (AvgIpc) is 3.45. The SMILES string of the molecule is COC(=O)[C@H](C)NP(=O)(OC[C@H]1CC[C@@H](n2cnc3c(N)ncnc32)C1)Oc1ccccc1. The monoisotopic (exact) mass is 474 g/mol. The number of ether oxygens (including phenoxy) is 1. The molecule has 3 N–H and O–H groups in total. The third-order valence-corrected chi connectivity index (χ3v) is 7.29. The Kier molecular flexibility index (Phi) is 6.92. The van der Waals surface area contributed by atoms with Crippen molar-refractivity contribution in [3.05, 3.63) is 43.0 Å². The summed E-state index contributed by atoms with van der Waals surface area (Å²) < 4.78 is 31.7. The third kappa shape index (κ3) is 5.32. The highest BCUT2D eigenvalue weighted by Crippen LogP contribution is 2.47. The van der Waals surface area contributed by atoms with Crippen molar-refractivity contribution in [3.8, 4) is 5.75 Å². The maximum absolute atomic E-state index is 13.5. The number of fused-ring (bicyclic) bond motifs is 1. The van der Waals surface area contributed by atoms with Gasteiger partial charge in [0.05, 0.1) is 20.0 Å². The van der Waals surface area contributed by atoms with Crippen LogP contribution in [0.15, 0.2) is 43.0 Å². The molecule has 0 bridgehead atoms. The Bertz CT molecular complexity index is 1160. The molecule has 1 unspecified atom stereocenters. The summed E-state index contributed by atoms with van der Waals surface area (Å²) in [6.07, 6.45) is 5.69. The molecular formula is C21H27N6O5P. The van der Waals surface area contributed by atoms with Crippen LogP contribution in [0.5, 0.6) is 5.75 Å². The minimum Gasteiger partial charge on any atom is -0.468 e. The van der Waals surface area contributed by atoms with Gasteiger partial charge in [0, 0.05) is 6.04 Å². The maximum Gasteiger partial charge on any atom is 0.459 e. The largest absolute Gasteiger partial charge is 0.468 e. The Balaban J connectivity index is 1.43. The number of hydrogen-bond donors (Lipinski definition) is 2. The maximum atomic E-state index is 13.5. The lowest BCUT2D eigenvalue weighted by molar-refractivity contribution is -0.142. The second-order valence-corrected chi connectivity index (χ2v) is 9.68. The van der Waals surface area contributed by atoms with Gasteiger partial charge in [-0.25, -0.2) is 19.5 Å².